The number of halogens is 1. The third-order valence-corrected chi connectivity index (χ3v) is 5.58. The Morgan fingerprint density at radius 1 is 1.19 bits per heavy atom. The lowest BCUT2D eigenvalue weighted by molar-refractivity contribution is 0.0802. The molecule has 0 spiro atoms. The number of hydrogen-bond donors (Lipinski definition) is 1. The molecule has 2 aromatic rings. The van der Waals surface area contributed by atoms with Crippen molar-refractivity contribution in [1.82, 2.24) is 9.62 Å². The molecule has 1 amide bonds. The minimum Gasteiger partial charge on any atom is -0.495 e. The van der Waals surface area contributed by atoms with E-state index in [9.17, 15) is 13.2 Å². The van der Waals surface area contributed by atoms with Crippen LogP contribution in [0, 0.1) is 0 Å². The van der Waals surface area contributed by atoms with Gasteiger partial charge < -0.3 is 9.64 Å². The zero-order valence-corrected chi connectivity index (χ0v) is 16.4. The van der Waals surface area contributed by atoms with E-state index in [0.29, 0.717) is 11.6 Å². The van der Waals surface area contributed by atoms with Crippen LogP contribution in [-0.4, -0.2) is 39.9 Å². The molecule has 0 radical (unpaired) electrons. The highest BCUT2D eigenvalue weighted by Gasteiger charge is 2.22. The molecule has 0 aromatic heterocycles. The molecule has 0 atom stereocenters. The molecule has 0 bridgehead atoms. The van der Waals surface area contributed by atoms with Crippen LogP contribution in [0.5, 0.6) is 5.75 Å². The molecule has 2 aromatic carbocycles. The second kappa shape index (κ2) is 8.53. The number of methoxy groups -OCH3 is 1. The maximum Gasteiger partial charge on any atom is 0.253 e. The van der Waals surface area contributed by atoms with E-state index >= 15 is 0 Å². The van der Waals surface area contributed by atoms with Crippen LogP contribution in [0.15, 0.2) is 47.4 Å². The first-order valence-electron chi connectivity index (χ1n) is 7.96. The van der Waals surface area contributed by atoms with Crippen LogP contribution < -0.4 is 9.46 Å². The summed E-state index contributed by atoms with van der Waals surface area (Å²) in [6.45, 7) is 2.45. The molecule has 8 heteroatoms. The van der Waals surface area contributed by atoms with E-state index in [-0.39, 0.29) is 28.7 Å². The van der Waals surface area contributed by atoms with Crippen LogP contribution in [0.4, 0.5) is 0 Å². The Bertz CT molecular complexity index is 883. The first-order valence-corrected chi connectivity index (χ1v) is 9.82. The highest BCUT2D eigenvalue weighted by molar-refractivity contribution is 7.89. The molecule has 0 heterocycles. The fraction of sp³-hybridized carbons (Fsp3) is 0.278. The number of amides is 1. The van der Waals surface area contributed by atoms with Crippen LogP contribution >= 0.6 is 11.6 Å². The lowest BCUT2D eigenvalue weighted by atomic mass is 10.2. The summed E-state index contributed by atoms with van der Waals surface area (Å²) in [5, 5.41) is 0.574. The van der Waals surface area contributed by atoms with E-state index in [4.69, 9.17) is 16.3 Å². The third-order valence-electron chi connectivity index (χ3n) is 3.90. The highest BCUT2D eigenvalue weighted by Crippen LogP contribution is 2.25. The first-order chi connectivity index (χ1) is 12.3. The standard InChI is InChI=1S/C18H21ClN2O4S/c1-4-21(2)18(22)14-7-10-16(25-3)17(11-14)26(23,24)20-12-13-5-8-15(19)9-6-13/h5-11,20H,4,12H2,1-3H3. The van der Waals surface area contributed by atoms with Gasteiger partial charge in [-0.1, -0.05) is 23.7 Å². The fourth-order valence-electron chi connectivity index (χ4n) is 2.24. The van der Waals surface area contributed by atoms with Gasteiger partial charge in [0.15, 0.2) is 0 Å². The van der Waals surface area contributed by atoms with Crippen molar-refractivity contribution in [2.45, 2.75) is 18.4 Å². The SMILES string of the molecule is CCN(C)C(=O)c1ccc(OC)c(S(=O)(=O)NCc2ccc(Cl)cc2)c1. The van der Waals surface area contributed by atoms with Crippen molar-refractivity contribution in [2.75, 3.05) is 20.7 Å². The van der Waals surface area contributed by atoms with Crippen molar-refractivity contribution in [3.8, 4) is 5.75 Å². The quantitative estimate of drug-likeness (QED) is 0.780. The van der Waals surface area contributed by atoms with E-state index in [1.807, 2.05) is 6.92 Å². The van der Waals surface area contributed by atoms with Gasteiger partial charge in [-0.3, -0.25) is 4.79 Å². The number of ether oxygens (including phenoxy) is 1. The number of nitrogens with one attached hydrogen (secondary N) is 1. The minimum absolute atomic E-state index is 0.0793. The number of benzene rings is 2. The van der Waals surface area contributed by atoms with Crippen LogP contribution in [-0.2, 0) is 16.6 Å². The lowest BCUT2D eigenvalue weighted by Gasteiger charge is -2.16. The maximum absolute atomic E-state index is 12.7. The summed E-state index contributed by atoms with van der Waals surface area (Å²) in [4.78, 5) is 13.7. The number of rotatable bonds is 7. The topological polar surface area (TPSA) is 75.7 Å². The molecular formula is C18H21ClN2O4S. The predicted molar refractivity (Wildman–Crippen MR) is 101 cm³/mol. The van der Waals surface area contributed by atoms with Gasteiger partial charge in [-0.25, -0.2) is 13.1 Å². The number of hydrogen-bond acceptors (Lipinski definition) is 4. The maximum atomic E-state index is 12.7. The summed E-state index contributed by atoms with van der Waals surface area (Å²) in [5.41, 5.74) is 1.04. The van der Waals surface area contributed by atoms with Gasteiger partial charge in [0, 0.05) is 30.7 Å². The van der Waals surface area contributed by atoms with E-state index in [0.717, 1.165) is 5.56 Å². The Morgan fingerprint density at radius 3 is 2.42 bits per heavy atom. The van der Waals surface area contributed by atoms with Gasteiger partial charge in [-0.05, 0) is 42.8 Å². The molecule has 0 saturated heterocycles. The molecule has 140 valence electrons. The summed E-state index contributed by atoms with van der Waals surface area (Å²) in [7, 11) is -0.844. The minimum atomic E-state index is -3.88. The molecule has 0 fully saturated rings. The summed E-state index contributed by atoms with van der Waals surface area (Å²) in [6.07, 6.45) is 0. The average molecular weight is 397 g/mol. The molecule has 0 aliphatic heterocycles. The van der Waals surface area contributed by atoms with Gasteiger partial charge >= 0.3 is 0 Å². The molecule has 26 heavy (non-hydrogen) atoms. The van der Waals surface area contributed by atoms with Crippen molar-refractivity contribution >= 4 is 27.5 Å². The van der Waals surface area contributed by atoms with Crippen molar-refractivity contribution in [1.29, 1.82) is 0 Å². The Kier molecular flexibility index (Phi) is 6.63. The fourth-order valence-corrected chi connectivity index (χ4v) is 3.58. The van der Waals surface area contributed by atoms with Gasteiger partial charge in [0.1, 0.15) is 10.6 Å². The van der Waals surface area contributed by atoms with E-state index in [1.54, 1.807) is 37.4 Å². The summed E-state index contributed by atoms with van der Waals surface area (Å²) >= 11 is 5.83. The van der Waals surface area contributed by atoms with Gasteiger partial charge in [-0.2, -0.15) is 0 Å². The molecule has 2 rings (SSSR count). The second-order valence-electron chi connectivity index (χ2n) is 5.64. The molecule has 6 nitrogen and oxygen atoms in total. The van der Waals surface area contributed by atoms with Gasteiger partial charge in [0.25, 0.3) is 5.91 Å². The van der Waals surface area contributed by atoms with Crippen molar-refractivity contribution < 1.29 is 17.9 Å². The number of carbonyl (C=O) groups is 1. The van der Waals surface area contributed by atoms with E-state index < -0.39 is 10.0 Å². The zero-order chi connectivity index (χ0) is 19.3. The average Bonchev–Trinajstić information content (AvgIpc) is 2.65. The van der Waals surface area contributed by atoms with Crippen molar-refractivity contribution in [3.63, 3.8) is 0 Å². The van der Waals surface area contributed by atoms with Crippen molar-refractivity contribution in [2.24, 2.45) is 0 Å². The smallest absolute Gasteiger partial charge is 0.253 e. The van der Waals surface area contributed by atoms with E-state index in [2.05, 4.69) is 4.72 Å². The van der Waals surface area contributed by atoms with Gasteiger partial charge in [0.05, 0.1) is 7.11 Å². The third kappa shape index (κ3) is 4.75. The Balaban J connectivity index is 2.31. The van der Waals surface area contributed by atoms with Gasteiger partial charge in [0.2, 0.25) is 10.0 Å². The Labute approximate surface area is 158 Å². The molecule has 0 unspecified atom stereocenters. The zero-order valence-electron chi connectivity index (χ0n) is 14.8. The van der Waals surface area contributed by atoms with Crippen LogP contribution in [0.1, 0.15) is 22.8 Å². The van der Waals surface area contributed by atoms with E-state index in [1.165, 1.54) is 24.1 Å². The predicted octanol–water partition coefficient (Wildman–Crippen LogP) is 2.92. The van der Waals surface area contributed by atoms with Crippen LogP contribution in [0.2, 0.25) is 5.02 Å². The summed E-state index contributed by atoms with van der Waals surface area (Å²) in [6, 6.07) is 11.2. The Hall–Kier alpha value is -2.09. The largest absolute Gasteiger partial charge is 0.495 e. The normalized spacial score (nSPS) is 11.2. The van der Waals surface area contributed by atoms with Crippen LogP contribution in [0.25, 0.3) is 0 Å². The molecule has 0 aliphatic carbocycles. The van der Waals surface area contributed by atoms with Crippen LogP contribution in [0.3, 0.4) is 0 Å². The highest BCUT2D eigenvalue weighted by atomic mass is 35.5. The molecule has 1 N–H and O–H groups in total. The molecule has 0 aliphatic rings. The number of carbonyl (C=O) groups excluding carboxylic acids is 1. The Morgan fingerprint density at radius 2 is 1.85 bits per heavy atom. The number of sulfonamides is 1. The van der Waals surface area contributed by atoms with Gasteiger partial charge in [-0.15, -0.1) is 0 Å². The summed E-state index contributed by atoms with van der Waals surface area (Å²) in [5.74, 6) is -0.0892. The molecule has 0 saturated carbocycles. The van der Waals surface area contributed by atoms with Crippen molar-refractivity contribution in [3.05, 3.63) is 58.6 Å². The molecular weight excluding hydrogens is 376 g/mol. The monoisotopic (exact) mass is 396 g/mol. The lowest BCUT2D eigenvalue weighted by Crippen LogP contribution is -2.27. The summed E-state index contributed by atoms with van der Waals surface area (Å²) < 4.78 is 33.1. The first kappa shape index (κ1) is 20.2. The second-order valence-corrected chi connectivity index (χ2v) is 7.81. The number of nitrogens with zero attached hydrogens (tertiary/aromatic N) is 1.